The maximum absolute atomic E-state index is 11.9. The van der Waals surface area contributed by atoms with Gasteiger partial charge in [0, 0.05) is 32.6 Å². The summed E-state index contributed by atoms with van der Waals surface area (Å²) in [6.45, 7) is 3.16. The maximum Gasteiger partial charge on any atom is 0.305 e. The molecule has 0 radical (unpaired) electrons. The standard InChI is InChI=1S/C11H21N3O3.2ClH/c1-13-5-7-14(8-6-13)11(16)9(12)3-4-10(15)17-2;;/h9H,3-8,12H2,1-2H3;2*1H. The van der Waals surface area contributed by atoms with Gasteiger partial charge in [0.25, 0.3) is 0 Å². The number of ether oxygens (including phenoxy) is 1. The fourth-order valence-electron chi connectivity index (χ4n) is 1.76. The van der Waals surface area contributed by atoms with Crippen LogP contribution in [0.4, 0.5) is 0 Å². The fourth-order valence-corrected chi connectivity index (χ4v) is 1.76. The number of likely N-dealkylation sites (N-methyl/N-ethyl adjacent to an activating group) is 1. The molecule has 0 aromatic rings. The number of carbonyl (C=O) groups excluding carboxylic acids is 2. The van der Waals surface area contributed by atoms with Crippen molar-refractivity contribution in [3.05, 3.63) is 0 Å². The summed E-state index contributed by atoms with van der Waals surface area (Å²) in [6, 6.07) is -0.600. The molecule has 6 nitrogen and oxygen atoms in total. The number of nitrogens with zero attached hydrogens (tertiary/aromatic N) is 2. The zero-order valence-electron chi connectivity index (χ0n) is 11.3. The highest BCUT2D eigenvalue weighted by atomic mass is 35.5. The van der Waals surface area contributed by atoms with E-state index >= 15 is 0 Å². The average molecular weight is 316 g/mol. The van der Waals surface area contributed by atoms with Crippen LogP contribution < -0.4 is 5.73 Å². The topological polar surface area (TPSA) is 75.9 Å². The number of piperazine rings is 1. The molecule has 0 bridgehead atoms. The number of rotatable bonds is 4. The predicted molar refractivity (Wildman–Crippen MR) is 77.8 cm³/mol. The minimum atomic E-state index is -0.600. The minimum absolute atomic E-state index is 0. The highest BCUT2D eigenvalue weighted by Crippen LogP contribution is 2.05. The van der Waals surface area contributed by atoms with E-state index in [1.54, 1.807) is 4.90 Å². The summed E-state index contributed by atoms with van der Waals surface area (Å²) >= 11 is 0. The summed E-state index contributed by atoms with van der Waals surface area (Å²) in [5, 5.41) is 0. The Balaban J connectivity index is 0. The number of methoxy groups -OCH3 is 1. The van der Waals surface area contributed by atoms with Gasteiger partial charge in [-0.2, -0.15) is 0 Å². The van der Waals surface area contributed by atoms with Crippen LogP contribution in [0.3, 0.4) is 0 Å². The van der Waals surface area contributed by atoms with Crippen LogP contribution in [-0.2, 0) is 14.3 Å². The second kappa shape index (κ2) is 10.3. The van der Waals surface area contributed by atoms with Crippen molar-refractivity contribution in [1.29, 1.82) is 0 Å². The Morgan fingerprint density at radius 1 is 1.21 bits per heavy atom. The molecule has 1 saturated heterocycles. The normalized spacial score (nSPS) is 16.9. The Morgan fingerprint density at radius 2 is 1.74 bits per heavy atom. The number of carbonyl (C=O) groups is 2. The van der Waals surface area contributed by atoms with Crippen molar-refractivity contribution in [3.63, 3.8) is 0 Å². The SMILES string of the molecule is COC(=O)CCC(N)C(=O)N1CCN(C)CC1.Cl.Cl. The van der Waals surface area contributed by atoms with Gasteiger partial charge in [-0.15, -0.1) is 24.8 Å². The van der Waals surface area contributed by atoms with Gasteiger partial charge in [0.05, 0.1) is 13.2 Å². The maximum atomic E-state index is 11.9. The third-order valence-corrected chi connectivity index (χ3v) is 3.02. The first-order valence-electron chi connectivity index (χ1n) is 5.84. The molecule has 19 heavy (non-hydrogen) atoms. The molecule has 1 aliphatic rings. The van der Waals surface area contributed by atoms with Crippen molar-refractivity contribution >= 4 is 36.7 Å². The Hall–Kier alpha value is -0.560. The highest BCUT2D eigenvalue weighted by Gasteiger charge is 2.24. The largest absolute Gasteiger partial charge is 0.469 e. The molecular weight excluding hydrogens is 293 g/mol. The molecule has 1 aliphatic heterocycles. The van der Waals surface area contributed by atoms with E-state index in [0.717, 1.165) is 13.1 Å². The van der Waals surface area contributed by atoms with Crippen LogP contribution >= 0.6 is 24.8 Å². The summed E-state index contributed by atoms with van der Waals surface area (Å²) in [6.07, 6.45) is 0.537. The van der Waals surface area contributed by atoms with Crippen LogP contribution in [0.25, 0.3) is 0 Å². The lowest BCUT2D eigenvalue weighted by atomic mass is 10.1. The predicted octanol–water partition coefficient (Wildman–Crippen LogP) is -0.116. The minimum Gasteiger partial charge on any atom is -0.469 e. The van der Waals surface area contributed by atoms with Crippen LogP contribution in [0.15, 0.2) is 0 Å². The summed E-state index contributed by atoms with van der Waals surface area (Å²) in [7, 11) is 3.36. The first-order chi connectivity index (χ1) is 8.04. The van der Waals surface area contributed by atoms with Crippen molar-refractivity contribution < 1.29 is 14.3 Å². The summed E-state index contributed by atoms with van der Waals surface area (Å²) in [4.78, 5) is 26.8. The molecule has 1 atom stereocenters. The van der Waals surface area contributed by atoms with Gasteiger partial charge in [0.1, 0.15) is 0 Å². The number of nitrogens with two attached hydrogens (primary N) is 1. The highest BCUT2D eigenvalue weighted by molar-refractivity contribution is 5.85. The van der Waals surface area contributed by atoms with Gasteiger partial charge in [-0.1, -0.05) is 0 Å². The Kier molecular flexibility index (Phi) is 11.2. The first-order valence-corrected chi connectivity index (χ1v) is 5.84. The molecule has 0 spiro atoms. The van der Waals surface area contributed by atoms with Gasteiger partial charge in [-0.25, -0.2) is 0 Å². The molecule has 1 rings (SSSR count). The zero-order valence-corrected chi connectivity index (χ0v) is 13.0. The number of hydrogen-bond acceptors (Lipinski definition) is 5. The monoisotopic (exact) mass is 315 g/mol. The molecule has 1 fully saturated rings. The van der Waals surface area contributed by atoms with Crippen LogP contribution in [0.5, 0.6) is 0 Å². The van der Waals surface area contributed by atoms with Gasteiger partial charge in [0.15, 0.2) is 0 Å². The van der Waals surface area contributed by atoms with Gasteiger partial charge in [-0.05, 0) is 13.5 Å². The van der Waals surface area contributed by atoms with Crippen molar-refractivity contribution in [2.24, 2.45) is 5.73 Å². The Labute approximate surface area is 126 Å². The number of amides is 1. The van der Waals surface area contributed by atoms with Gasteiger partial charge >= 0.3 is 5.97 Å². The molecule has 1 heterocycles. The number of esters is 1. The van der Waals surface area contributed by atoms with E-state index in [9.17, 15) is 9.59 Å². The van der Waals surface area contributed by atoms with Crippen LogP contribution in [0, 0.1) is 0 Å². The van der Waals surface area contributed by atoms with Gasteiger partial charge < -0.3 is 20.3 Å². The van der Waals surface area contributed by atoms with Crippen molar-refractivity contribution in [2.75, 3.05) is 40.3 Å². The fraction of sp³-hybridized carbons (Fsp3) is 0.818. The van der Waals surface area contributed by atoms with Crippen molar-refractivity contribution in [1.82, 2.24) is 9.80 Å². The molecule has 0 aromatic carbocycles. The van der Waals surface area contributed by atoms with E-state index in [-0.39, 0.29) is 43.1 Å². The van der Waals surface area contributed by atoms with Gasteiger partial charge in [-0.3, -0.25) is 9.59 Å². The summed E-state index contributed by atoms with van der Waals surface area (Å²) < 4.78 is 4.51. The molecule has 1 unspecified atom stereocenters. The van der Waals surface area contributed by atoms with E-state index in [2.05, 4.69) is 9.64 Å². The second-order valence-corrected chi connectivity index (χ2v) is 4.35. The molecule has 0 aliphatic carbocycles. The van der Waals surface area contributed by atoms with Crippen molar-refractivity contribution in [2.45, 2.75) is 18.9 Å². The number of halogens is 2. The quantitative estimate of drug-likeness (QED) is 0.732. The third kappa shape index (κ3) is 6.96. The van der Waals surface area contributed by atoms with E-state index < -0.39 is 6.04 Å². The molecule has 0 aromatic heterocycles. The van der Waals surface area contributed by atoms with Gasteiger partial charge in [0.2, 0.25) is 5.91 Å². The van der Waals surface area contributed by atoms with E-state index in [4.69, 9.17) is 5.73 Å². The lowest BCUT2D eigenvalue weighted by molar-refractivity contribution is -0.141. The smallest absolute Gasteiger partial charge is 0.305 e. The number of hydrogen-bond donors (Lipinski definition) is 1. The first kappa shape index (κ1) is 20.8. The molecule has 2 N–H and O–H groups in total. The third-order valence-electron chi connectivity index (χ3n) is 3.02. The molecule has 1 amide bonds. The molecule has 114 valence electrons. The van der Waals surface area contributed by atoms with Crippen LogP contribution in [-0.4, -0.2) is 68.1 Å². The molecular formula is C11H23Cl2N3O3. The van der Waals surface area contributed by atoms with E-state index in [1.807, 2.05) is 7.05 Å². The summed E-state index contributed by atoms with van der Waals surface area (Å²) in [5.74, 6) is -0.395. The van der Waals surface area contributed by atoms with E-state index in [1.165, 1.54) is 7.11 Å². The molecule has 0 saturated carbocycles. The Bertz CT molecular complexity index is 284. The average Bonchev–Trinajstić information content (AvgIpc) is 2.35. The van der Waals surface area contributed by atoms with Crippen LogP contribution in [0.1, 0.15) is 12.8 Å². The Morgan fingerprint density at radius 3 is 2.21 bits per heavy atom. The van der Waals surface area contributed by atoms with Crippen LogP contribution in [0.2, 0.25) is 0 Å². The lowest BCUT2D eigenvalue weighted by Crippen LogP contribution is -2.52. The zero-order chi connectivity index (χ0) is 12.8. The summed E-state index contributed by atoms with van der Waals surface area (Å²) in [5.41, 5.74) is 5.77. The van der Waals surface area contributed by atoms with Crippen molar-refractivity contribution in [3.8, 4) is 0 Å². The molecule has 8 heteroatoms. The lowest BCUT2D eigenvalue weighted by Gasteiger charge is -2.33. The second-order valence-electron chi connectivity index (χ2n) is 4.35. The van der Waals surface area contributed by atoms with E-state index in [0.29, 0.717) is 19.5 Å².